The number of amidine groups is 1. The largest absolute Gasteiger partial charge is 0.409 e. The van der Waals surface area contributed by atoms with Crippen LogP contribution >= 0.6 is 0 Å². The van der Waals surface area contributed by atoms with E-state index >= 15 is 0 Å². The van der Waals surface area contributed by atoms with Gasteiger partial charge >= 0.3 is 0 Å². The van der Waals surface area contributed by atoms with E-state index in [0.717, 1.165) is 12.8 Å². The first kappa shape index (κ1) is 15.2. The second-order valence-corrected chi connectivity index (χ2v) is 5.08. The molecule has 1 aromatic rings. The second-order valence-electron chi connectivity index (χ2n) is 5.08. The predicted octanol–water partition coefficient (Wildman–Crippen LogP) is 0.536. The van der Waals surface area contributed by atoms with Crippen molar-refractivity contribution >= 4 is 11.7 Å². The Hall–Kier alpha value is -2.15. The Morgan fingerprint density at radius 1 is 1.38 bits per heavy atom. The molecule has 0 bridgehead atoms. The summed E-state index contributed by atoms with van der Waals surface area (Å²) in [5.74, 6) is -0.265. The normalized spacial score (nSPS) is 15.0. The molecular weight excluding hydrogens is 275 g/mol. The molecule has 0 saturated heterocycles. The van der Waals surface area contributed by atoms with E-state index in [1.54, 1.807) is 6.07 Å². The molecule has 1 saturated carbocycles. The third-order valence-corrected chi connectivity index (χ3v) is 3.24. The molecule has 0 aliphatic heterocycles. The van der Waals surface area contributed by atoms with Gasteiger partial charge < -0.3 is 21.6 Å². The van der Waals surface area contributed by atoms with Crippen molar-refractivity contribution in [1.82, 2.24) is 10.6 Å². The van der Waals surface area contributed by atoms with Crippen LogP contribution in [0.3, 0.4) is 0 Å². The number of carbonyl (C=O) groups is 1. The number of hydrogen-bond acceptors (Lipinski definition) is 4. The molecule has 0 atom stereocenters. The number of rotatable bonds is 7. The van der Waals surface area contributed by atoms with E-state index in [1.807, 2.05) is 0 Å². The van der Waals surface area contributed by atoms with Gasteiger partial charge in [-0.2, -0.15) is 0 Å². The van der Waals surface area contributed by atoms with Crippen LogP contribution in [0.4, 0.5) is 4.39 Å². The number of amides is 1. The van der Waals surface area contributed by atoms with Gasteiger partial charge in [0.25, 0.3) is 0 Å². The average Bonchev–Trinajstić information content (AvgIpc) is 3.30. The van der Waals surface area contributed by atoms with E-state index in [1.165, 1.54) is 12.1 Å². The van der Waals surface area contributed by atoms with Gasteiger partial charge in [0, 0.05) is 31.1 Å². The predicted molar refractivity (Wildman–Crippen MR) is 76.4 cm³/mol. The van der Waals surface area contributed by atoms with Crippen molar-refractivity contribution in [3.05, 3.63) is 35.1 Å². The summed E-state index contributed by atoms with van der Waals surface area (Å²) in [4.78, 5) is 11.4. The summed E-state index contributed by atoms with van der Waals surface area (Å²) in [6.45, 7) is 1.56. The molecule has 6 nitrogen and oxygen atoms in total. The van der Waals surface area contributed by atoms with Crippen molar-refractivity contribution in [3.63, 3.8) is 0 Å². The van der Waals surface area contributed by atoms with E-state index in [4.69, 9.17) is 10.9 Å². The maximum atomic E-state index is 13.4. The van der Waals surface area contributed by atoms with Gasteiger partial charge in [0.1, 0.15) is 5.82 Å². The van der Waals surface area contributed by atoms with Gasteiger partial charge in [0.15, 0.2) is 5.84 Å². The van der Waals surface area contributed by atoms with E-state index in [2.05, 4.69) is 15.8 Å². The number of carbonyl (C=O) groups excluding carboxylic acids is 1. The fourth-order valence-corrected chi connectivity index (χ4v) is 1.95. The number of nitrogens with two attached hydrogens (primary N) is 1. The van der Waals surface area contributed by atoms with E-state index in [9.17, 15) is 9.18 Å². The van der Waals surface area contributed by atoms with Gasteiger partial charge in [0.05, 0.1) is 0 Å². The van der Waals surface area contributed by atoms with Crippen molar-refractivity contribution in [1.29, 1.82) is 0 Å². The lowest BCUT2D eigenvalue weighted by Crippen LogP contribution is -2.32. The Bertz CT molecular complexity index is 544. The lowest BCUT2D eigenvalue weighted by atomic mass is 10.1. The summed E-state index contributed by atoms with van der Waals surface area (Å²) in [6.07, 6.45) is 1.97. The summed E-state index contributed by atoms with van der Waals surface area (Å²) < 4.78 is 13.4. The first-order valence-electron chi connectivity index (χ1n) is 6.86. The highest BCUT2D eigenvalue weighted by molar-refractivity contribution is 5.97. The van der Waals surface area contributed by atoms with Crippen LogP contribution < -0.4 is 16.4 Å². The number of halogens is 1. The Balaban J connectivity index is 1.77. The topological polar surface area (TPSA) is 99.7 Å². The monoisotopic (exact) mass is 294 g/mol. The fourth-order valence-electron chi connectivity index (χ4n) is 1.95. The van der Waals surface area contributed by atoms with Crippen LogP contribution in [0.15, 0.2) is 23.4 Å². The van der Waals surface area contributed by atoms with Gasteiger partial charge in [-0.05, 0) is 36.6 Å². The standard InChI is InChI=1S/C14H19FN4O2/c15-12-6-9(5-11(7-12)13(16)19-21)8-17-3-4-18-14(20)10-1-2-10/h5-7,10,17,21H,1-4,8H2,(H2,16,19)(H,18,20). The zero-order valence-electron chi connectivity index (χ0n) is 11.6. The first-order chi connectivity index (χ1) is 10.1. The molecule has 1 fully saturated rings. The molecule has 1 aliphatic rings. The summed E-state index contributed by atoms with van der Waals surface area (Å²) in [5, 5.41) is 17.4. The molecule has 0 radical (unpaired) electrons. The van der Waals surface area contributed by atoms with Crippen molar-refractivity contribution in [2.75, 3.05) is 13.1 Å². The summed E-state index contributed by atoms with van der Waals surface area (Å²) >= 11 is 0. The van der Waals surface area contributed by atoms with Crippen LogP contribution in [0.25, 0.3) is 0 Å². The lowest BCUT2D eigenvalue weighted by Gasteiger charge is -2.08. The number of hydrogen-bond donors (Lipinski definition) is 4. The van der Waals surface area contributed by atoms with Gasteiger partial charge in [0.2, 0.25) is 5.91 Å². The maximum absolute atomic E-state index is 13.4. The van der Waals surface area contributed by atoms with Crippen molar-refractivity contribution in [3.8, 4) is 0 Å². The molecule has 0 heterocycles. The van der Waals surface area contributed by atoms with Gasteiger partial charge in [-0.25, -0.2) is 4.39 Å². The van der Waals surface area contributed by atoms with E-state index in [-0.39, 0.29) is 17.7 Å². The fraction of sp³-hybridized carbons (Fsp3) is 0.429. The lowest BCUT2D eigenvalue weighted by molar-refractivity contribution is -0.122. The Morgan fingerprint density at radius 2 is 2.14 bits per heavy atom. The zero-order chi connectivity index (χ0) is 15.2. The first-order valence-corrected chi connectivity index (χ1v) is 6.86. The molecule has 5 N–H and O–H groups in total. The maximum Gasteiger partial charge on any atom is 0.223 e. The number of nitrogens with zero attached hydrogens (tertiary/aromatic N) is 1. The van der Waals surface area contributed by atoms with Gasteiger partial charge in [-0.15, -0.1) is 0 Å². The molecule has 2 rings (SSSR count). The number of oxime groups is 1. The minimum absolute atomic E-state index is 0.108. The smallest absolute Gasteiger partial charge is 0.223 e. The molecule has 114 valence electrons. The Kier molecular flexibility index (Phi) is 5.10. The molecule has 1 aliphatic carbocycles. The highest BCUT2D eigenvalue weighted by Gasteiger charge is 2.28. The second kappa shape index (κ2) is 7.03. The molecular formula is C14H19FN4O2. The molecule has 7 heteroatoms. The van der Waals surface area contributed by atoms with Crippen LogP contribution in [0, 0.1) is 11.7 Å². The minimum atomic E-state index is -0.446. The van der Waals surface area contributed by atoms with E-state index < -0.39 is 5.82 Å². The summed E-state index contributed by atoms with van der Waals surface area (Å²) in [7, 11) is 0. The molecule has 0 spiro atoms. The molecule has 1 aromatic carbocycles. The van der Waals surface area contributed by atoms with Crippen molar-refractivity contribution < 1.29 is 14.4 Å². The van der Waals surface area contributed by atoms with Crippen LogP contribution in [-0.2, 0) is 11.3 Å². The Morgan fingerprint density at radius 3 is 2.81 bits per heavy atom. The number of nitrogens with one attached hydrogen (secondary N) is 2. The summed E-state index contributed by atoms with van der Waals surface area (Å²) in [5.41, 5.74) is 6.46. The van der Waals surface area contributed by atoms with Crippen LogP contribution in [-0.4, -0.2) is 30.0 Å². The molecule has 21 heavy (non-hydrogen) atoms. The molecule has 0 aromatic heterocycles. The van der Waals surface area contributed by atoms with Crippen LogP contribution in [0.2, 0.25) is 0 Å². The van der Waals surface area contributed by atoms with Crippen molar-refractivity contribution in [2.45, 2.75) is 19.4 Å². The number of benzene rings is 1. The third-order valence-electron chi connectivity index (χ3n) is 3.24. The highest BCUT2D eigenvalue weighted by atomic mass is 19.1. The van der Waals surface area contributed by atoms with E-state index in [0.29, 0.717) is 30.8 Å². The zero-order valence-corrected chi connectivity index (χ0v) is 11.6. The molecule has 0 unspecified atom stereocenters. The highest BCUT2D eigenvalue weighted by Crippen LogP contribution is 2.28. The molecule has 1 amide bonds. The summed E-state index contributed by atoms with van der Waals surface area (Å²) in [6, 6.07) is 4.23. The van der Waals surface area contributed by atoms with Crippen LogP contribution in [0.1, 0.15) is 24.0 Å². The third kappa shape index (κ3) is 4.71. The van der Waals surface area contributed by atoms with Crippen molar-refractivity contribution in [2.24, 2.45) is 16.8 Å². The van der Waals surface area contributed by atoms with Crippen LogP contribution in [0.5, 0.6) is 0 Å². The van der Waals surface area contributed by atoms with Gasteiger partial charge in [-0.1, -0.05) is 5.16 Å². The average molecular weight is 294 g/mol. The quantitative estimate of drug-likeness (QED) is 0.194. The SMILES string of the molecule is N/C(=N/O)c1cc(F)cc(CNCCNC(=O)C2CC2)c1. The minimum Gasteiger partial charge on any atom is -0.409 e. The van der Waals surface area contributed by atoms with Gasteiger partial charge in [-0.3, -0.25) is 4.79 Å². The Labute approximate surface area is 122 Å².